The van der Waals surface area contributed by atoms with Crippen LogP contribution in [0.3, 0.4) is 0 Å². The standard InChI is InChI=1S/C18H25N5O2/c1-13(17-20-14(2)21-25-17)22-8-10-23(11-9-22)18(24)16(19)12-15-6-4-3-5-7-15/h3-7,13,16H,8-12,19H2,1-2H3. The zero-order valence-corrected chi connectivity index (χ0v) is 14.8. The zero-order chi connectivity index (χ0) is 17.8. The molecule has 1 aromatic carbocycles. The molecule has 2 atom stereocenters. The van der Waals surface area contributed by atoms with Crippen LogP contribution in [-0.4, -0.2) is 58.1 Å². The Kier molecular flexibility index (Phi) is 5.45. The maximum absolute atomic E-state index is 12.6. The Labute approximate surface area is 147 Å². The number of carbonyl (C=O) groups excluding carboxylic acids is 1. The summed E-state index contributed by atoms with van der Waals surface area (Å²) in [6, 6.07) is 9.44. The van der Waals surface area contributed by atoms with E-state index in [0.29, 0.717) is 31.2 Å². The minimum atomic E-state index is -0.495. The fourth-order valence-corrected chi connectivity index (χ4v) is 3.16. The Morgan fingerprint density at radius 2 is 1.92 bits per heavy atom. The number of aryl methyl sites for hydroxylation is 1. The van der Waals surface area contributed by atoms with Crippen LogP contribution in [0, 0.1) is 6.92 Å². The Morgan fingerprint density at radius 1 is 1.24 bits per heavy atom. The molecule has 1 aliphatic rings. The van der Waals surface area contributed by atoms with E-state index in [-0.39, 0.29) is 11.9 Å². The van der Waals surface area contributed by atoms with E-state index in [9.17, 15) is 4.79 Å². The highest BCUT2D eigenvalue weighted by Crippen LogP contribution is 2.20. The van der Waals surface area contributed by atoms with Crippen molar-refractivity contribution < 1.29 is 9.32 Å². The number of carbonyl (C=O) groups is 1. The van der Waals surface area contributed by atoms with Crippen LogP contribution >= 0.6 is 0 Å². The molecule has 2 aromatic rings. The van der Waals surface area contributed by atoms with Gasteiger partial charge in [0.1, 0.15) is 0 Å². The second kappa shape index (κ2) is 7.76. The number of piperazine rings is 1. The Balaban J connectivity index is 1.52. The van der Waals surface area contributed by atoms with Crippen molar-refractivity contribution >= 4 is 5.91 Å². The summed E-state index contributed by atoms with van der Waals surface area (Å²) >= 11 is 0. The zero-order valence-electron chi connectivity index (χ0n) is 14.8. The minimum absolute atomic E-state index is 0.0183. The lowest BCUT2D eigenvalue weighted by Gasteiger charge is -2.37. The molecule has 1 saturated heterocycles. The smallest absolute Gasteiger partial charge is 0.243 e. The molecule has 0 saturated carbocycles. The molecule has 3 rings (SSSR count). The SMILES string of the molecule is Cc1noc(C(C)N2CCN(C(=O)C(N)Cc3ccccc3)CC2)n1. The van der Waals surface area contributed by atoms with Crippen molar-refractivity contribution in [1.82, 2.24) is 19.9 Å². The normalized spacial score (nSPS) is 18.1. The van der Waals surface area contributed by atoms with Gasteiger partial charge in [0.25, 0.3) is 0 Å². The van der Waals surface area contributed by atoms with Crippen LogP contribution in [-0.2, 0) is 11.2 Å². The van der Waals surface area contributed by atoms with Crippen LogP contribution < -0.4 is 5.73 Å². The lowest BCUT2D eigenvalue weighted by molar-refractivity contribution is -0.134. The summed E-state index contributed by atoms with van der Waals surface area (Å²) in [6.07, 6.45) is 0.567. The van der Waals surface area contributed by atoms with Gasteiger partial charge in [-0.1, -0.05) is 35.5 Å². The summed E-state index contributed by atoms with van der Waals surface area (Å²) in [5, 5.41) is 3.84. The number of rotatable bonds is 5. The van der Waals surface area contributed by atoms with E-state index in [1.54, 1.807) is 0 Å². The molecule has 0 bridgehead atoms. The lowest BCUT2D eigenvalue weighted by atomic mass is 10.1. The second-order valence-corrected chi connectivity index (χ2v) is 6.51. The Bertz CT molecular complexity index is 695. The molecule has 0 spiro atoms. The van der Waals surface area contributed by atoms with E-state index >= 15 is 0 Å². The molecule has 1 amide bonds. The van der Waals surface area contributed by atoms with Crippen LogP contribution in [0.4, 0.5) is 0 Å². The molecule has 2 unspecified atom stereocenters. The van der Waals surface area contributed by atoms with Crippen LogP contribution in [0.2, 0.25) is 0 Å². The average molecular weight is 343 g/mol. The van der Waals surface area contributed by atoms with E-state index < -0.39 is 6.04 Å². The Hall–Kier alpha value is -2.25. The highest BCUT2D eigenvalue weighted by molar-refractivity contribution is 5.82. The predicted octanol–water partition coefficient (Wildman–Crippen LogP) is 1.15. The maximum Gasteiger partial charge on any atom is 0.243 e. The third-order valence-corrected chi connectivity index (χ3v) is 4.69. The first-order valence-electron chi connectivity index (χ1n) is 8.67. The van der Waals surface area contributed by atoms with E-state index in [0.717, 1.165) is 18.7 Å². The fraction of sp³-hybridized carbons (Fsp3) is 0.500. The van der Waals surface area contributed by atoms with Gasteiger partial charge in [0.15, 0.2) is 5.82 Å². The maximum atomic E-state index is 12.6. The van der Waals surface area contributed by atoms with Crippen LogP contribution in [0.25, 0.3) is 0 Å². The van der Waals surface area contributed by atoms with Gasteiger partial charge in [-0.25, -0.2) is 0 Å². The van der Waals surface area contributed by atoms with Gasteiger partial charge >= 0.3 is 0 Å². The lowest BCUT2D eigenvalue weighted by Crippen LogP contribution is -2.53. The average Bonchev–Trinajstić information content (AvgIpc) is 3.08. The molecule has 2 heterocycles. The predicted molar refractivity (Wildman–Crippen MR) is 93.7 cm³/mol. The van der Waals surface area contributed by atoms with Gasteiger partial charge in [-0.15, -0.1) is 0 Å². The summed E-state index contributed by atoms with van der Waals surface area (Å²) in [6.45, 7) is 6.73. The molecule has 0 aliphatic carbocycles. The van der Waals surface area contributed by atoms with Crippen molar-refractivity contribution in [2.75, 3.05) is 26.2 Å². The van der Waals surface area contributed by atoms with Gasteiger partial charge in [-0.3, -0.25) is 9.69 Å². The van der Waals surface area contributed by atoms with Crippen molar-refractivity contribution in [1.29, 1.82) is 0 Å². The number of benzene rings is 1. The van der Waals surface area contributed by atoms with E-state index in [1.165, 1.54) is 0 Å². The first-order chi connectivity index (χ1) is 12.0. The van der Waals surface area contributed by atoms with Crippen molar-refractivity contribution in [3.63, 3.8) is 0 Å². The van der Waals surface area contributed by atoms with Crippen LogP contribution in [0.1, 0.15) is 30.2 Å². The number of hydrogen-bond acceptors (Lipinski definition) is 6. The third kappa shape index (κ3) is 4.24. The van der Waals surface area contributed by atoms with E-state index in [4.69, 9.17) is 10.3 Å². The van der Waals surface area contributed by atoms with E-state index in [1.807, 2.05) is 49.1 Å². The van der Waals surface area contributed by atoms with Crippen LogP contribution in [0.15, 0.2) is 34.9 Å². The third-order valence-electron chi connectivity index (χ3n) is 4.69. The molecule has 2 N–H and O–H groups in total. The van der Waals surface area contributed by atoms with Crippen molar-refractivity contribution in [2.24, 2.45) is 5.73 Å². The van der Waals surface area contributed by atoms with Crippen molar-refractivity contribution in [2.45, 2.75) is 32.4 Å². The molecule has 7 heteroatoms. The molecule has 1 aliphatic heterocycles. The fourth-order valence-electron chi connectivity index (χ4n) is 3.16. The summed E-state index contributed by atoms with van der Waals surface area (Å²) in [7, 11) is 0. The first-order valence-corrected chi connectivity index (χ1v) is 8.67. The van der Waals surface area contributed by atoms with Crippen LogP contribution in [0.5, 0.6) is 0 Å². The molecule has 1 aromatic heterocycles. The molecule has 134 valence electrons. The van der Waals surface area contributed by atoms with Gasteiger partial charge in [-0.2, -0.15) is 4.98 Å². The summed E-state index contributed by atoms with van der Waals surface area (Å²) in [4.78, 5) is 21.0. The largest absolute Gasteiger partial charge is 0.339 e. The number of amides is 1. The summed E-state index contributed by atoms with van der Waals surface area (Å²) in [5.74, 6) is 1.28. The highest BCUT2D eigenvalue weighted by Gasteiger charge is 2.29. The monoisotopic (exact) mass is 343 g/mol. The van der Waals surface area contributed by atoms with Crippen molar-refractivity contribution in [3.05, 3.63) is 47.6 Å². The summed E-state index contributed by atoms with van der Waals surface area (Å²) < 4.78 is 5.25. The minimum Gasteiger partial charge on any atom is -0.339 e. The topological polar surface area (TPSA) is 88.5 Å². The molecule has 7 nitrogen and oxygen atoms in total. The molecule has 25 heavy (non-hydrogen) atoms. The second-order valence-electron chi connectivity index (χ2n) is 6.51. The van der Waals surface area contributed by atoms with Gasteiger partial charge in [0, 0.05) is 26.2 Å². The molecular formula is C18H25N5O2. The number of hydrogen-bond donors (Lipinski definition) is 1. The Morgan fingerprint density at radius 3 is 2.52 bits per heavy atom. The molecule has 0 radical (unpaired) electrons. The van der Waals surface area contributed by atoms with E-state index in [2.05, 4.69) is 15.0 Å². The first kappa shape index (κ1) is 17.6. The molecular weight excluding hydrogens is 318 g/mol. The number of aromatic nitrogens is 2. The van der Waals surface area contributed by atoms with Gasteiger partial charge in [0.05, 0.1) is 12.1 Å². The van der Waals surface area contributed by atoms with Gasteiger partial charge in [0.2, 0.25) is 11.8 Å². The van der Waals surface area contributed by atoms with Gasteiger partial charge in [-0.05, 0) is 25.8 Å². The highest BCUT2D eigenvalue weighted by atomic mass is 16.5. The van der Waals surface area contributed by atoms with Gasteiger partial charge < -0.3 is 15.2 Å². The van der Waals surface area contributed by atoms with Crippen molar-refractivity contribution in [3.8, 4) is 0 Å². The molecule has 1 fully saturated rings. The number of nitrogens with two attached hydrogens (primary N) is 1. The summed E-state index contributed by atoms with van der Waals surface area (Å²) in [5.41, 5.74) is 7.22. The quantitative estimate of drug-likeness (QED) is 0.876. The number of nitrogens with zero attached hydrogens (tertiary/aromatic N) is 4.